The van der Waals surface area contributed by atoms with Crippen LogP contribution in [0.3, 0.4) is 0 Å². The Balaban J connectivity index is 1.01. The van der Waals surface area contributed by atoms with Crippen LogP contribution < -0.4 is 4.74 Å². The Morgan fingerprint density at radius 1 is 0.423 bits per heavy atom. The maximum Gasteiger partial charge on any atom is 0.229 e. The summed E-state index contributed by atoms with van der Waals surface area (Å²) in [5, 5.41) is 73.5. The van der Waals surface area contributed by atoms with E-state index in [1.54, 1.807) is 49.3 Å². The van der Waals surface area contributed by atoms with Crippen LogP contribution in [0.1, 0.15) is 22.8 Å². The zero-order valence-electron chi connectivity index (χ0n) is 37.5. The van der Waals surface area contributed by atoms with Crippen molar-refractivity contribution in [2.75, 3.05) is 13.2 Å². The molecule has 0 amide bonds. The van der Waals surface area contributed by atoms with E-state index in [1.165, 1.54) is 0 Å². The summed E-state index contributed by atoms with van der Waals surface area (Å²) in [6, 6.07) is 26.8. The first-order chi connectivity index (χ1) is 34.7. The molecule has 18 nitrogen and oxygen atoms in total. The summed E-state index contributed by atoms with van der Waals surface area (Å²) in [6.07, 6.45) is 2.61. The molecule has 0 aliphatic carbocycles. The number of aromatic nitrogens is 7. The van der Waals surface area contributed by atoms with Gasteiger partial charge in [-0.25, -0.2) is 9.97 Å². The van der Waals surface area contributed by atoms with Crippen molar-refractivity contribution in [2.24, 2.45) is 0 Å². The molecule has 6 aromatic heterocycles. The maximum absolute atomic E-state index is 11.3. The van der Waals surface area contributed by atoms with Gasteiger partial charge in [-0.15, -0.1) is 0 Å². The predicted molar refractivity (Wildman–Crippen MR) is 261 cm³/mol. The average molecular weight is 958 g/mol. The lowest BCUT2D eigenvalue weighted by Crippen LogP contribution is -2.65. The van der Waals surface area contributed by atoms with Gasteiger partial charge in [-0.3, -0.25) is 15.0 Å². The Kier molecular flexibility index (Phi) is 12.6. The summed E-state index contributed by atoms with van der Waals surface area (Å²) in [4.78, 5) is 30.9. The number of pyridine rings is 3. The van der Waals surface area contributed by atoms with Crippen molar-refractivity contribution in [2.45, 2.75) is 61.4 Å². The lowest BCUT2D eigenvalue weighted by Gasteiger charge is -2.45. The molecule has 360 valence electrons. The third-order valence-corrected chi connectivity index (χ3v) is 13.0. The molecule has 71 heavy (non-hydrogen) atoms. The van der Waals surface area contributed by atoms with Crippen molar-refractivity contribution in [3.05, 3.63) is 145 Å². The van der Waals surface area contributed by atoms with Crippen molar-refractivity contribution < 1.29 is 54.7 Å². The number of hydrogen-bond acceptors (Lipinski definition) is 16. The fourth-order valence-electron chi connectivity index (χ4n) is 9.46. The maximum atomic E-state index is 11.3. The second kappa shape index (κ2) is 19.5. The molecule has 9 N–H and O–H groups in total. The zero-order chi connectivity index (χ0) is 48.8. The Morgan fingerprint density at radius 3 is 1.31 bits per heavy atom. The third kappa shape index (κ3) is 8.72. The van der Waals surface area contributed by atoms with Crippen LogP contribution in [-0.4, -0.2) is 145 Å². The van der Waals surface area contributed by atoms with Crippen molar-refractivity contribution in [1.82, 2.24) is 34.9 Å². The number of benzene rings is 1. The van der Waals surface area contributed by atoms with Crippen LogP contribution in [-0.2, 0) is 14.2 Å². The van der Waals surface area contributed by atoms with Gasteiger partial charge in [0.2, 0.25) is 6.29 Å². The minimum Gasteiger partial charge on any atom is -0.462 e. The van der Waals surface area contributed by atoms with E-state index in [1.807, 2.05) is 97.1 Å². The number of rotatable bonds is 10. The van der Waals surface area contributed by atoms with Crippen LogP contribution >= 0.6 is 0 Å². The van der Waals surface area contributed by atoms with E-state index in [0.717, 1.165) is 89.4 Å². The van der Waals surface area contributed by atoms with Crippen molar-refractivity contribution in [3.63, 3.8) is 0 Å². The lowest BCUT2D eigenvalue weighted by atomic mass is 9.97. The van der Waals surface area contributed by atoms with Crippen LogP contribution in [0, 0.1) is 0 Å². The smallest absolute Gasteiger partial charge is 0.229 e. The van der Waals surface area contributed by atoms with E-state index < -0.39 is 74.6 Å². The van der Waals surface area contributed by atoms with E-state index in [0.29, 0.717) is 0 Å². The molecule has 2 saturated heterocycles. The van der Waals surface area contributed by atoms with Crippen molar-refractivity contribution >= 4 is 46.4 Å². The Hall–Kier alpha value is -7.33. The van der Waals surface area contributed by atoms with E-state index >= 15 is 0 Å². The van der Waals surface area contributed by atoms with Gasteiger partial charge < -0.3 is 64.7 Å². The monoisotopic (exact) mass is 957 g/mol. The van der Waals surface area contributed by atoms with E-state index in [2.05, 4.69) is 24.9 Å². The largest absolute Gasteiger partial charge is 0.462 e. The molecule has 0 spiro atoms. The van der Waals surface area contributed by atoms with Gasteiger partial charge in [-0.1, -0.05) is 12.1 Å². The molecule has 1 aromatic carbocycles. The van der Waals surface area contributed by atoms with Gasteiger partial charge in [-0.05, 0) is 119 Å². The molecule has 18 heteroatoms. The van der Waals surface area contributed by atoms with E-state index in [-0.39, 0.29) is 5.75 Å². The third-order valence-electron chi connectivity index (χ3n) is 13.0. The van der Waals surface area contributed by atoms with E-state index in [9.17, 15) is 35.7 Å². The quantitative estimate of drug-likeness (QED) is 0.0912. The van der Waals surface area contributed by atoms with Crippen LogP contribution in [0.15, 0.2) is 122 Å². The second-order valence-electron chi connectivity index (χ2n) is 17.4. The number of hydrogen-bond donors (Lipinski definition) is 9. The molecule has 0 unspecified atom stereocenters. The molecule has 11 rings (SSSR count). The van der Waals surface area contributed by atoms with Gasteiger partial charge >= 0.3 is 0 Å². The lowest BCUT2D eigenvalue weighted by molar-refractivity contribution is -0.352. The molecule has 0 radical (unpaired) electrons. The second-order valence-corrected chi connectivity index (χ2v) is 17.4. The van der Waals surface area contributed by atoms with Gasteiger partial charge in [0.05, 0.1) is 36.0 Å². The summed E-state index contributed by atoms with van der Waals surface area (Å²) >= 11 is 0. The first kappa shape index (κ1) is 46.1. The minimum atomic E-state index is -1.80. The first-order valence-electron chi connectivity index (χ1n) is 22.9. The predicted octanol–water partition coefficient (Wildman–Crippen LogP) is 4.51. The number of fused-ring (bicyclic) bond motifs is 8. The molecule has 7 aromatic rings. The van der Waals surface area contributed by atoms with Gasteiger partial charge in [0.25, 0.3) is 0 Å². The van der Waals surface area contributed by atoms with Crippen molar-refractivity contribution in [3.8, 4) is 50.3 Å². The standard InChI is InChI=1S/C53H47N7O11/c61-25-40-46(63)47(64)49(66)53(69-40)71-51-41(26-62)70-52(50(67)48(51)65)68-31-3-1-27(2-4-31)42-32-5-7-34(57-32)43(28-13-19-54-20-14-28)36-9-11-38(59-36)45(30-17-23-56-24-18-30)39-12-10-37(60-39)44(29-15-21-55-22-16-29)35-8-6-33(42)58-35/h1-24,40-41,46-53,57-58,61-67H,25-26H2/t40-,41-,46+,47+,48-,49-,50-,51-,52-,53+/m1/s1. The summed E-state index contributed by atoms with van der Waals surface area (Å²) in [7, 11) is 0. The summed E-state index contributed by atoms with van der Waals surface area (Å²) in [5.74, 6) is 0.254. The van der Waals surface area contributed by atoms with Gasteiger partial charge in [0.15, 0.2) is 6.29 Å². The Labute approximate surface area is 404 Å². The zero-order valence-corrected chi connectivity index (χ0v) is 37.5. The van der Waals surface area contributed by atoms with Gasteiger partial charge in [-0.2, -0.15) is 0 Å². The molecule has 4 aliphatic rings. The van der Waals surface area contributed by atoms with Crippen LogP contribution in [0.4, 0.5) is 0 Å². The molecule has 0 saturated carbocycles. The molecular formula is C53H47N7O11. The molecule has 4 aliphatic heterocycles. The molecule has 10 atom stereocenters. The van der Waals surface area contributed by atoms with Crippen LogP contribution in [0.2, 0.25) is 0 Å². The molecule has 2 fully saturated rings. The van der Waals surface area contributed by atoms with Gasteiger partial charge in [0, 0.05) is 81.5 Å². The Morgan fingerprint density at radius 2 is 0.831 bits per heavy atom. The number of aliphatic hydroxyl groups is 7. The van der Waals surface area contributed by atoms with Crippen molar-refractivity contribution in [1.29, 1.82) is 0 Å². The van der Waals surface area contributed by atoms with Crippen LogP contribution in [0.25, 0.3) is 90.9 Å². The fourth-order valence-corrected chi connectivity index (χ4v) is 9.46. The fraction of sp³-hybridized carbons (Fsp3) is 0.226. The molecular weight excluding hydrogens is 911 g/mol. The molecule has 8 bridgehead atoms. The number of nitrogens with zero attached hydrogens (tertiary/aromatic N) is 5. The minimum absolute atomic E-state index is 0.254. The number of H-pyrrole nitrogens is 2. The molecule has 10 heterocycles. The highest BCUT2D eigenvalue weighted by Gasteiger charge is 2.51. The summed E-state index contributed by atoms with van der Waals surface area (Å²) in [6.45, 7) is -1.42. The SMILES string of the molecule is OC[C@H]1O[C@@H](O[C@H]2[C@H](O)[C@@H](O)[C@H](Oc3ccc(-c4c5ccc([nH]5)c(-c5ccncc5)c5nc(c(-c6ccncc6)c6nc(c(-c7ccncc7)c7ccc4[nH]7)C=C6)C=C5)cc3)O[C@@H]2CO)[C@H](O)[C@@H](O)[C@H]1O. The highest BCUT2D eigenvalue weighted by atomic mass is 16.7. The first-order valence-corrected chi connectivity index (χ1v) is 22.9. The number of aliphatic hydroxyl groups excluding tert-OH is 7. The Bertz CT molecular complexity index is 3140. The summed E-state index contributed by atoms with van der Waals surface area (Å²) < 4.78 is 23.2. The highest BCUT2D eigenvalue weighted by Crippen LogP contribution is 2.39. The van der Waals surface area contributed by atoms with Crippen LogP contribution in [0.5, 0.6) is 5.75 Å². The van der Waals surface area contributed by atoms with Gasteiger partial charge in [0.1, 0.15) is 54.6 Å². The normalized spacial score (nSPS) is 25.1. The summed E-state index contributed by atoms with van der Waals surface area (Å²) in [5.41, 5.74) is 12.9. The average Bonchev–Trinajstić information content (AvgIpc) is 4.26. The number of aromatic amines is 2. The number of nitrogens with one attached hydrogen (secondary N) is 2. The number of ether oxygens (including phenoxy) is 4. The van der Waals surface area contributed by atoms with E-state index in [4.69, 9.17) is 28.9 Å². The topological polar surface area (TPSA) is 275 Å². The highest BCUT2D eigenvalue weighted by molar-refractivity contribution is 6.00.